The zero-order valence-electron chi connectivity index (χ0n) is 7.22. The summed E-state index contributed by atoms with van der Waals surface area (Å²) in [6.07, 6.45) is 0. The van der Waals surface area contributed by atoms with Gasteiger partial charge in [-0.05, 0) is 24.6 Å². The van der Waals surface area contributed by atoms with Crippen LogP contribution in [0.5, 0.6) is 5.75 Å². The van der Waals surface area contributed by atoms with Crippen LogP contribution in [0.25, 0.3) is 0 Å². The van der Waals surface area contributed by atoms with Crippen LogP contribution >= 0.6 is 11.6 Å². The molecule has 0 aromatic heterocycles. The van der Waals surface area contributed by atoms with Crippen LogP contribution in [0.3, 0.4) is 0 Å². The normalized spacial score (nSPS) is 12.9. The Labute approximate surface area is 81.1 Å². The van der Waals surface area contributed by atoms with Gasteiger partial charge in [0.1, 0.15) is 11.6 Å². The van der Waals surface area contributed by atoms with E-state index < -0.39 is 5.82 Å². The van der Waals surface area contributed by atoms with E-state index in [0.29, 0.717) is 12.1 Å². The molecule has 1 rings (SSSR count). The van der Waals surface area contributed by atoms with Crippen molar-refractivity contribution in [2.75, 3.05) is 6.54 Å². The predicted octanol–water partition coefficient (Wildman–Crippen LogP) is 2.25. The molecule has 0 spiro atoms. The van der Waals surface area contributed by atoms with Crippen molar-refractivity contribution in [1.29, 1.82) is 0 Å². The van der Waals surface area contributed by atoms with Crippen LogP contribution in [-0.4, -0.2) is 11.7 Å². The number of halogens is 2. The highest BCUT2D eigenvalue weighted by molar-refractivity contribution is 6.32. The standard InChI is InChI=1S/C9H11ClFNO/c1-5(4-12)7-2-6(11)3-8(10)9(7)13/h2-3,5,13H,4,12H2,1H3. The van der Waals surface area contributed by atoms with E-state index in [-0.39, 0.29) is 16.7 Å². The topological polar surface area (TPSA) is 46.2 Å². The van der Waals surface area contributed by atoms with E-state index in [1.54, 1.807) is 6.92 Å². The second-order valence-electron chi connectivity index (χ2n) is 2.96. The van der Waals surface area contributed by atoms with Crippen molar-refractivity contribution in [3.8, 4) is 5.75 Å². The molecule has 3 N–H and O–H groups in total. The van der Waals surface area contributed by atoms with Gasteiger partial charge in [0, 0.05) is 5.56 Å². The first kappa shape index (κ1) is 10.3. The van der Waals surface area contributed by atoms with Gasteiger partial charge >= 0.3 is 0 Å². The number of phenolic OH excluding ortho intramolecular Hbond substituents is 1. The van der Waals surface area contributed by atoms with E-state index in [1.165, 1.54) is 6.07 Å². The molecule has 0 radical (unpaired) electrons. The van der Waals surface area contributed by atoms with Gasteiger partial charge in [-0.15, -0.1) is 0 Å². The quantitative estimate of drug-likeness (QED) is 0.775. The Hall–Kier alpha value is -0.800. The molecule has 0 saturated carbocycles. The summed E-state index contributed by atoms with van der Waals surface area (Å²) in [7, 11) is 0. The molecule has 0 fully saturated rings. The van der Waals surface area contributed by atoms with Crippen molar-refractivity contribution in [3.63, 3.8) is 0 Å². The summed E-state index contributed by atoms with van der Waals surface area (Å²) in [5, 5.41) is 9.49. The monoisotopic (exact) mass is 203 g/mol. The maximum absolute atomic E-state index is 12.9. The minimum atomic E-state index is -0.460. The minimum absolute atomic E-state index is 0.0234. The molecule has 1 aromatic rings. The summed E-state index contributed by atoms with van der Waals surface area (Å²) in [5.74, 6) is -0.646. The summed E-state index contributed by atoms with van der Waals surface area (Å²) in [6.45, 7) is 2.14. The molecule has 0 saturated heterocycles. The molecule has 0 aliphatic heterocycles. The van der Waals surface area contributed by atoms with Crippen LogP contribution in [0.4, 0.5) is 4.39 Å². The van der Waals surface area contributed by atoms with Crippen molar-refractivity contribution in [1.82, 2.24) is 0 Å². The molecule has 72 valence electrons. The number of phenols is 1. The summed E-state index contributed by atoms with van der Waals surface area (Å²) < 4.78 is 12.9. The second kappa shape index (κ2) is 3.94. The number of benzene rings is 1. The summed E-state index contributed by atoms with van der Waals surface area (Å²) in [4.78, 5) is 0. The maximum Gasteiger partial charge on any atom is 0.137 e. The van der Waals surface area contributed by atoms with E-state index in [9.17, 15) is 9.50 Å². The van der Waals surface area contributed by atoms with E-state index in [2.05, 4.69) is 0 Å². The lowest BCUT2D eigenvalue weighted by atomic mass is 10.0. The van der Waals surface area contributed by atoms with Crippen molar-refractivity contribution >= 4 is 11.6 Å². The van der Waals surface area contributed by atoms with Crippen molar-refractivity contribution in [2.45, 2.75) is 12.8 Å². The Morgan fingerprint density at radius 3 is 2.77 bits per heavy atom. The zero-order chi connectivity index (χ0) is 10.0. The van der Waals surface area contributed by atoms with Crippen LogP contribution in [0.1, 0.15) is 18.4 Å². The van der Waals surface area contributed by atoms with E-state index in [1.807, 2.05) is 0 Å². The van der Waals surface area contributed by atoms with Gasteiger partial charge < -0.3 is 10.8 Å². The van der Waals surface area contributed by atoms with Gasteiger partial charge in [0.05, 0.1) is 5.02 Å². The number of nitrogens with two attached hydrogens (primary N) is 1. The molecular weight excluding hydrogens is 193 g/mol. The van der Waals surface area contributed by atoms with Gasteiger partial charge in [-0.1, -0.05) is 18.5 Å². The molecule has 2 nitrogen and oxygen atoms in total. The van der Waals surface area contributed by atoms with Crippen molar-refractivity contribution in [3.05, 3.63) is 28.5 Å². The Balaban J connectivity index is 3.20. The van der Waals surface area contributed by atoms with Crippen molar-refractivity contribution < 1.29 is 9.50 Å². The highest BCUT2D eigenvalue weighted by Crippen LogP contribution is 2.32. The molecule has 0 aliphatic carbocycles. The average molecular weight is 204 g/mol. The van der Waals surface area contributed by atoms with Crippen LogP contribution < -0.4 is 5.73 Å². The molecule has 0 aliphatic rings. The second-order valence-corrected chi connectivity index (χ2v) is 3.37. The molecular formula is C9H11ClFNO. The summed E-state index contributed by atoms with van der Waals surface area (Å²) in [5.41, 5.74) is 5.85. The lowest BCUT2D eigenvalue weighted by Crippen LogP contribution is -2.09. The molecule has 4 heteroatoms. The van der Waals surface area contributed by atoms with Gasteiger partial charge in [-0.2, -0.15) is 0 Å². The molecule has 1 unspecified atom stereocenters. The summed E-state index contributed by atoms with van der Waals surface area (Å²) in [6, 6.07) is 2.32. The van der Waals surface area contributed by atoms with E-state index >= 15 is 0 Å². The number of hydrogen-bond donors (Lipinski definition) is 2. The average Bonchev–Trinajstić information content (AvgIpc) is 2.10. The number of hydrogen-bond acceptors (Lipinski definition) is 2. The highest BCUT2D eigenvalue weighted by atomic mass is 35.5. The lowest BCUT2D eigenvalue weighted by Gasteiger charge is -2.11. The zero-order valence-corrected chi connectivity index (χ0v) is 7.98. The Bertz CT molecular complexity index is 317. The van der Waals surface area contributed by atoms with Gasteiger partial charge in [0.2, 0.25) is 0 Å². The number of rotatable bonds is 2. The third kappa shape index (κ3) is 2.11. The minimum Gasteiger partial charge on any atom is -0.506 e. The van der Waals surface area contributed by atoms with Gasteiger partial charge in [0.25, 0.3) is 0 Å². The van der Waals surface area contributed by atoms with Crippen LogP contribution in [-0.2, 0) is 0 Å². The van der Waals surface area contributed by atoms with Crippen LogP contribution in [0, 0.1) is 5.82 Å². The first-order valence-electron chi connectivity index (χ1n) is 3.94. The molecule has 13 heavy (non-hydrogen) atoms. The SMILES string of the molecule is CC(CN)c1cc(F)cc(Cl)c1O. The van der Waals surface area contributed by atoms with Crippen LogP contribution in [0.15, 0.2) is 12.1 Å². The first-order valence-corrected chi connectivity index (χ1v) is 4.32. The maximum atomic E-state index is 12.9. The lowest BCUT2D eigenvalue weighted by molar-refractivity contribution is 0.460. The third-order valence-corrected chi connectivity index (χ3v) is 2.23. The van der Waals surface area contributed by atoms with Gasteiger partial charge in [0.15, 0.2) is 0 Å². The molecule has 1 aromatic carbocycles. The molecule has 0 amide bonds. The van der Waals surface area contributed by atoms with Crippen molar-refractivity contribution in [2.24, 2.45) is 5.73 Å². The van der Waals surface area contributed by atoms with E-state index in [0.717, 1.165) is 6.07 Å². The first-order chi connectivity index (χ1) is 6.06. The largest absolute Gasteiger partial charge is 0.506 e. The van der Waals surface area contributed by atoms with Gasteiger partial charge in [-0.3, -0.25) is 0 Å². The number of aromatic hydroxyl groups is 1. The summed E-state index contributed by atoms with van der Waals surface area (Å²) >= 11 is 5.59. The molecule has 1 atom stereocenters. The fraction of sp³-hybridized carbons (Fsp3) is 0.333. The molecule has 0 heterocycles. The van der Waals surface area contributed by atoms with Crippen LogP contribution in [0.2, 0.25) is 5.02 Å². The fourth-order valence-electron chi connectivity index (χ4n) is 1.09. The fourth-order valence-corrected chi connectivity index (χ4v) is 1.30. The highest BCUT2D eigenvalue weighted by Gasteiger charge is 2.13. The Morgan fingerprint density at radius 2 is 2.23 bits per heavy atom. The molecule has 0 bridgehead atoms. The third-order valence-electron chi connectivity index (χ3n) is 1.94. The smallest absolute Gasteiger partial charge is 0.137 e. The predicted molar refractivity (Wildman–Crippen MR) is 50.5 cm³/mol. The Kier molecular flexibility index (Phi) is 3.12. The van der Waals surface area contributed by atoms with Gasteiger partial charge in [-0.25, -0.2) is 4.39 Å². The van der Waals surface area contributed by atoms with E-state index in [4.69, 9.17) is 17.3 Å². The Morgan fingerprint density at radius 1 is 1.62 bits per heavy atom.